The van der Waals surface area contributed by atoms with Gasteiger partial charge in [-0.15, -0.1) is 0 Å². The first-order valence-electron chi connectivity index (χ1n) is 4.43. The highest BCUT2D eigenvalue weighted by Crippen LogP contribution is 2.14. The Morgan fingerprint density at radius 3 is 2.73 bits per heavy atom. The number of nitrogens with zero attached hydrogens (tertiary/aromatic N) is 2. The summed E-state index contributed by atoms with van der Waals surface area (Å²) >= 11 is 0. The summed E-state index contributed by atoms with van der Waals surface area (Å²) in [5, 5.41) is 7.34. The minimum absolute atomic E-state index is 0.0875. The summed E-state index contributed by atoms with van der Waals surface area (Å²) in [7, 11) is -2.97. The monoisotopic (exact) mass is 230 g/mol. The molecular weight excluding hydrogens is 216 g/mol. The summed E-state index contributed by atoms with van der Waals surface area (Å²) < 4.78 is 22.0. The van der Waals surface area contributed by atoms with Crippen LogP contribution in [0.5, 0.6) is 0 Å². The van der Waals surface area contributed by atoms with Crippen LogP contribution in [0.4, 0.5) is 0 Å². The Labute approximate surface area is 88.8 Å². The molecule has 6 nitrogen and oxygen atoms in total. The van der Waals surface area contributed by atoms with Gasteiger partial charge in [0.1, 0.15) is 9.84 Å². The lowest BCUT2D eigenvalue weighted by Gasteiger charge is -2.14. The first-order valence-corrected chi connectivity index (χ1v) is 6.49. The summed E-state index contributed by atoms with van der Waals surface area (Å²) in [6, 6.07) is 1.54. The fourth-order valence-electron chi connectivity index (χ4n) is 1.19. The van der Waals surface area contributed by atoms with Gasteiger partial charge >= 0.3 is 0 Å². The predicted octanol–water partition coefficient (Wildman–Crippen LogP) is -0.584. The molecule has 0 spiro atoms. The zero-order valence-electron chi connectivity index (χ0n) is 8.42. The fourth-order valence-corrected chi connectivity index (χ4v) is 1.85. The van der Waals surface area contributed by atoms with E-state index in [-0.39, 0.29) is 11.8 Å². The average Bonchev–Trinajstić information content (AvgIpc) is 2.19. The first kappa shape index (κ1) is 12.0. The second kappa shape index (κ2) is 5.15. The van der Waals surface area contributed by atoms with Gasteiger partial charge in [0.15, 0.2) is 0 Å². The Kier molecular flexibility index (Phi) is 4.13. The molecule has 0 saturated carbocycles. The molecule has 0 aliphatic carbocycles. The molecule has 15 heavy (non-hydrogen) atoms. The normalized spacial score (nSPS) is 13.7. The first-order chi connectivity index (χ1) is 7.03. The Morgan fingerprint density at radius 1 is 1.53 bits per heavy atom. The van der Waals surface area contributed by atoms with Crippen LogP contribution in [-0.2, 0) is 9.84 Å². The molecular formula is C8H14N4O2S. The van der Waals surface area contributed by atoms with Crippen molar-refractivity contribution < 1.29 is 8.42 Å². The molecule has 0 aliphatic heterocycles. The lowest BCUT2D eigenvalue weighted by atomic mass is 10.1. The number of nitrogens with one attached hydrogen (secondary N) is 1. The Bertz CT molecular complexity index is 392. The lowest BCUT2D eigenvalue weighted by Crippen LogP contribution is -2.29. The quantitative estimate of drug-likeness (QED) is 0.518. The van der Waals surface area contributed by atoms with E-state index in [2.05, 4.69) is 15.6 Å². The van der Waals surface area contributed by atoms with Crippen molar-refractivity contribution >= 4 is 9.84 Å². The molecule has 0 radical (unpaired) electrons. The van der Waals surface area contributed by atoms with Gasteiger partial charge in [0.05, 0.1) is 11.9 Å². The van der Waals surface area contributed by atoms with E-state index in [0.717, 1.165) is 5.56 Å². The van der Waals surface area contributed by atoms with Gasteiger partial charge in [-0.05, 0) is 18.1 Å². The molecule has 1 aromatic rings. The van der Waals surface area contributed by atoms with Crippen molar-refractivity contribution in [2.24, 2.45) is 5.84 Å². The van der Waals surface area contributed by atoms with Gasteiger partial charge in [0.25, 0.3) is 0 Å². The third kappa shape index (κ3) is 4.32. The Hall–Kier alpha value is -1.05. The lowest BCUT2D eigenvalue weighted by molar-refractivity contribution is 0.528. The van der Waals surface area contributed by atoms with Crippen LogP contribution in [0.25, 0.3) is 0 Å². The highest BCUT2D eigenvalue weighted by molar-refractivity contribution is 7.90. The molecule has 0 amide bonds. The fraction of sp³-hybridized carbons (Fsp3) is 0.500. The van der Waals surface area contributed by atoms with Gasteiger partial charge < -0.3 is 0 Å². The number of nitrogens with two attached hydrogens (primary N) is 1. The van der Waals surface area contributed by atoms with Crippen molar-refractivity contribution in [3.05, 3.63) is 24.0 Å². The van der Waals surface area contributed by atoms with Crippen LogP contribution in [0.15, 0.2) is 18.5 Å². The van der Waals surface area contributed by atoms with Crippen molar-refractivity contribution in [2.75, 3.05) is 12.0 Å². The SMILES string of the molecule is CS(=O)(=O)CCC(NN)c1ccnnc1. The zero-order chi connectivity index (χ0) is 11.3. The van der Waals surface area contributed by atoms with Crippen molar-refractivity contribution in [3.8, 4) is 0 Å². The second-order valence-electron chi connectivity index (χ2n) is 3.31. The van der Waals surface area contributed by atoms with Crippen LogP contribution in [0.3, 0.4) is 0 Å². The Balaban J connectivity index is 2.66. The molecule has 84 valence electrons. The third-order valence-corrected chi connectivity index (χ3v) is 2.97. The topological polar surface area (TPSA) is 98.0 Å². The largest absolute Gasteiger partial charge is 0.271 e. The smallest absolute Gasteiger partial charge is 0.147 e. The van der Waals surface area contributed by atoms with E-state index in [0.29, 0.717) is 6.42 Å². The maximum atomic E-state index is 11.0. The second-order valence-corrected chi connectivity index (χ2v) is 5.57. The molecule has 0 aliphatic rings. The third-order valence-electron chi connectivity index (χ3n) is 1.99. The minimum Gasteiger partial charge on any atom is -0.271 e. The van der Waals surface area contributed by atoms with Crippen LogP contribution in [0, 0.1) is 0 Å². The van der Waals surface area contributed by atoms with Gasteiger partial charge in [-0.25, -0.2) is 8.42 Å². The summed E-state index contributed by atoms with van der Waals surface area (Å²) in [5.74, 6) is 5.43. The number of aromatic nitrogens is 2. The molecule has 0 aromatic carbocycles. The van der Waals surface area contributed by atoms with Crippen LogP contribution in [-0.4, -0.2) is 30.6 Å². The van der Waals surface area contributed by atoms with Crippen molar-refractivity contribution in [3.63, 3.8) is 0 Å². The number of hydrogen-bond acceptors (Lipinski definition) is 6. The number of hydrazine groups is 1. The van der Waals surface area contributed by atoms with Crippen LogP contribution in [0.1, 0.15) is 18.0 Å². The number of hydrogen-bond donors (Lipinski definition) is 2. The van der Waals surface area contributed by atoms with Crippen LogP contribution >= 0.6 is 0 Å². The van der Waals surface area contributed by atoms with E-state index < -0.39 is 9.84 Å². The number of rotatable bonds is 5. The van der Waals surface area contributed by atoms with E-state index in [4.69, 9.17) is 5.84 Å². The van der Waals surface area contributed by atoms with E-state index >= 15 is 0 Å². The van der Waals surface area contributed by atoms with E-state index in [9.17, 15) is 8.42 Å². The summed E-state index contributed by atoms with van der Waals surface area (Å²) in [5.41, 5.74) is 3.39. The van der Waals surface area contributed by atoms with Crippen molar-refractivity contribution in [1.82, 2.24) is 15.6 Å². The number of sulfone groups is 1. The van der Waals surface area contributed by atoms with E-state index in [1.54, 1.807) is 18.5 Å². The highest BCUT2D eigenvalue weighted by atomic mass is 32.2. The molecule has 0 fully saturated rings. The van der Waals surface area contributed by atoms with E-state index in [1.807, 2.05) is 0 Å². The standard InChI is InChI=1S/C8H14N4O2S/c1-15(13,14)5-3-8(12-9)7-2-4-10-11-6-7/h2,4,6,8,12H,3,5,9H2,1H3. The van der Waals surface area contributed by atoms with Gasteiger partial charge in [-0.2, -0.15) is 10.2 Å². The predicted molar refractivity (Wildman–Crippen MR) is 56.4 cm³/mol. The van der Waals surface area contributed by atoms with Gasteiger partial charge in [-0.3, -0.25) is 11.3 Å². The molecule has 1 rings (SSSR count). The van der Waals surface area contributed by atoms with Crippen LogP contribution in [0.2, 0.25) is 0 Å². The van der Waals surface area contributed by atoms with E-state index in [1.165, 1.54) is 6.26 Å². The van der Waals surface area contributed by atoms with Gasteiger partial charge in [0, 0.05) is 18.5 Å². The van der Waals surface area contributed by atoms with Gasteiger partial charge in [0.2, 0.25) is 0 Å². The molecule has 1 unspecified atom stereocenters. The summed E-state index contributed by atoms with van der Waals surface area (Å²) in [6.07, 6.45) is 4.72. The van der Waals surface area contributed by atoms with Crippen molar-refractivity contribution in [2.45, 2.75) is 12.5 Å². The summed E-state index contributed by atoms with van der Waals surface area (Å²) in [6.45, 7) is 0. The molecule has 3 N–H and O–H groups in total. The maximum Gasteiger partial charge on any atom is 0.147 e. The molecule has 1 atom stereocenters. The Morgan fingerprint density at radius 2 is 2.27 bits per heavy atom. The summed E-state index contributed by atoms with van der Waals surface area (Å²) in [4.78, 5) is 0. The molecule has 7 heteroatoms. The maximum absolute atomic E-state index is 11.0. The molecule has 0 bridgehead atoms. The van der Waals surface area contributed by atoms with Crippen molar-refractivity contribution in [1.29, 1.82) is 0 Å². The average molecular weight is 230 g/mol. The van der Waals surface area contributed by atoms with Gasteiger partial charge in [-0.1, -0.05) is 0 Å². The molecule has 0 saturated heterocycles. The minimum atomic E-state index is -2.97. The molecule has 1 heterocycles. The molecule has 1 aromatic heterocycles. The van der Waals surface area contributed by atoms with Crippen LogP contribution < -0.4 is 11.3 Å². The zero-order valence-corrected chi connectivity index (χ0v) is 9.24. The highest BCUT2D eigenvalue weighted by Gasteiger charge is 2.12.